The molecule has 0 fully saturated rings. The molecule has 0 spiro atoms. The number of hydrogen-bond donors (Lipinski definition) is 0. The summed E-state index contributed by atoms with van der Waals surface area (Å²) in [4.78, 5) is 0. The summed E-state index contributed by atoms with van der Waals surface area (Å²) < 4.78 is 27.4. The van der Waals surface area contributed by atoms with Crippen LogP contribution >= 0.6 is 0 Å². The lowest BCUT2D eigenvalue weighted by atomic mass is 10.2. The van der Waals surface area contributed by atoms with Crippen LogP contribution in [0.5, 0.6) is 0 Å². The molecule has 1 aromatic heterocycles. The summed E-state index contributed by atoms with van der Waals surface area (Å²) in [6.45, 7) is 0. The van der Waals surface area contributed by atoms with Crippen LogP contribution in [0.25, 0.3) is 5.69 Å². The van der Waals surface area contributed by atoms with E-state index in [-0.39, 0.29) is 11.3 Å². The molecule has 0 aliphatic heterocycles. The van der Waals surface area contributed by atoms with Crippen molar-refractivity contribution >= 4 is 0 Å². The lowest BCUT2D eigenvalue weighted by Gasteiger charge is -2.05. The van der Waals surface area contributed by atoms with Crippen LogP contribution < -0.4 is 0 Å². The molecule has 2 aromatic rings. The first kappa shape index (κ1) is 9.34. The molecule has 0 aliphatic rings. The molecule has 74 valence electrons. The van der Waals surface area contributed by atoms with Gasteiger partial charge in [0, 0.05) is 18.5 Å². The minimum absolute atomic E-state index is 0.0381. The number of halogens is 2. The van der Waals surface area contributed by atoms with Crippen molar-refractivity contribution < 1.29 is 8.78 Å². The SMILES string of the molecule is N#Cc1cc(F)cc(F)c1-n1cccn1. The van der Waals surface area contributed by atoms with Crippen LogP contribution in [0.1, 0.15) is 5.56 Å². The molecule has 0 unspecified atom stereocenters. The molecule has 0 atom stereocenters. The van der Waals surface area contributed by atoms with Gasteiger partial charge in [-0.05, 0) is 12.1 Å². The molecule has 0 bridgehead atoms. The Morgan fingerprint density at radius 2 is 2.13 bits per heavy atom. The van der Waals surface area contributed by atoms with E-state index in [0.29, 0.717) is 0 Å². The highest BCUT2D eigenvalue weighted by atomic mass is 19.1. The summed E-state index contributed by atoms with van der Waals surface area (Å²) in [7, 11) is 0. The van der Waals surface area contributed by atoms with Gasteiger partial charge < -0.3 is 0 Å². The molecule has 5 heteroatoms. The summed E-state index contributed by atoms with van der Waals surface area (Å²) in [5.74, 6) is -1.59. The predicted molar refractivity (Wildman–Crippen MR) is 48.2 cm³/mol. The minimum Gasteiger partial charge on any atom is -0.237 e. The first-order valence-corrected chi connectivity index (χ1v) is 4.11. The Morgan fingerprint density at radius 3 is 2.73 bits per heavy atom. The van der Waals surface area contributed by atoms with Crippen LogP contribution in [0.2, 0.25) is 0 Å². The normalized spacial score (nSPS) is 9.93. The largest absolute Gasteiger partial charge is 0.237 e. The molecule has 15 heavy (non-hydrogen) atoms. The number of rotatable bonds is 1. The zero-order valence-corrected chi connectivity index (χ0v) is 7.48. The lowest BCUT2D eigenvalue weighted by Crippen LogP contribution is -2.02. The average Bonchev–Trinajstić information content (AvgIpc) is 2.69. The van der Waals surface area contributed by atoms with Crippen LogP contribution in [-0.2, 0) is 0 Å². The monoisotopic (exact) mass is 205 g/mol. The van der Waals surface area contributed by atoms with Gasteiger partial charge >= 0.3 is 0 Å². The van der Waals surface area contributed by atoms with Gasteiger partial charge in [0.2, 0.25) is 0 Å². The van der Waals surface area contributed by atoms with E-state index < -0.39 is 11.6 Å². The highest BCUT2D eigenvalue weighted by molar-refractivity contribution is 5.49. The smallest absolute Gasteiger partial charge is 0.153 e. The Bertz CT molecular complexity index is 526. The van der Waals surface area contributed by atoms with Crippen LogP contribution in [0.3, 0.4) is 0 Å². The van der Waals surface area contributed by atoms with Gasteiger partial charge in [0.1, 0.15) is 17.6 Å². The summed E-state index contributed by atoms with van der Waals surface area (Å²) >= 11 is 0. The van der Waals surface area contributed by atoms with Crippen molar-refractivity contribution in [2.24, 2.45) is 0 Å². The second-order valence-electron chi connectivity index (χ2n) is 2.85. The Balaban J connectivity index is 2.71. The second-order valence-corrected chi connectivity index (χ2v) is 2.85. The van der Waals surface area contributed by atoms with E-state index in [1.165, 1.54) is 17.1 Å². The molecular formula is C10H5F2N3. The predicted octanol–water partition coefficient (Wildman–Crippen LogP) is 2.02. The number of aromatic nitrogens is 2. The first-order valence-electron chi connectivity index (χ1n) is 4.11. The molecule has 0 amide bonds. The molecule has 0 saturated heterocycles. The molecule has 1 heterocycles. The van der Waals surface area contributed by atoms with E-state index in [9.17, 15) is 8.78 Å². The highest BCUT2D eigenvalue weighted by Crippen LogP contribution is 2.18. The van der Waals surface area contributed by atoms with Crippen molar-refractivity contribution in [3.63, 3.8) is 0 Å². The van der Waals surface area contributed by atoms with Gasteiger partial charge in [-0.15, -0.1) is 0 Å². The fraction of sp³-hybridized carbons (Fsp3) is 0. The van der Waals surface area contributed by atoms with Crippen molar-refractivity contribution in [1.82, 2.24) is 9.78 Å². The van der Waals surface area contributed by atoms with E-state index in [0.717, 1.165) is 12.1 Å². The third-order valence-corrected chi connectivity index (χ3v) is 1.88. The summed E-state index contributed by atoms with van der Waals surface area (Å²) in [6.07, 6.45) is 2.93. The number of hydrogen-bond acceptors (Lipinski definition) is 2. The maximum atomic E-state index is 13.4. The van der Waals surface area contributed by atoms with Crippen molar-refractivity contribution in [3.05, 3.63) is 47.8 Å². The summed E-state index contributed by atoms with van der Waals surface area (Å²) in [6, 6.07) is 5.00. The third kappa shape index (κ3) is 1.57. The van der Waals surface area contributed by atoms with Crippen LogP contribution in [0.15, 0.2) is 30.6 Å². The number of nitriles is 1. The molecule has 0 N–H and O–H groups in total. The van der Waals surface area contributed by atoms with E-state index in [1.807, 2.05) is 0 Å². The fourth-order valence-corrected chi connectivity index (χ4v) is 1.29. The van der Waals surface area contributed by atoms with Gasteiger partial charge in [-0.25, -0.2) is 13.5 Å². The number of nitrogens with zero attached hydrogens (tertiary/aromatic N) is 3. The van der Waals surface area contributed by atoms with Gasteiger partial charge in [-0.3, -0.25) is 0 Å². The molecule has 1 aromatic carbocycles. The topological polar surface area (TPSA) is 41.6 Å². The van der Waals surface area contributed by atoms with Gasteiger partial charge in [0.05, 0.1) is 5.56 Å². The Kier molecular flexibility index (Phi) is 2.18. The summed E-state index contributed by atoms with van der Waals surface area (Å²) in [5.41, 5.74) is -0.125. The van der Waals surface area contributed by atoms with Gasteiger partial charge in [0.25, 0.3) is 0 Å². The van der Waals surface area contributed by atoms with Crippen molar-refractivity contribution in [2.75, 3.05) is 0 Å². The van der Waals surface area contributed by atoms with Crippen LogP contribution in [0.4, 0.5) is 8.78 Å². The standard InChI is InChI=1S/C10H5F2N3/c11-8-4-7(6-13)10(9(12)5-8)15-3-1-2-14-15/h1-5H. The maximum absolute atomic E-state index is 13.4. The Morgan fingerprint density at radius 1 is 1.33 bits per heavy atom. The molecule has 0 aliphatic carbocycles. The van der Waals surface area contributed by atoms with E-state index in [4.69, 9.17) is 5.26 Å². The van der Waals surface area contributed by atoms with E-state index >= 15 is 0 Å². The maximum Gasteiger partial charge on any atom is 0.153 e. The van der Waals surface area contributed by atoms with Gasteiger partial charge in [-0.2, -0.15) is 10.4 Å². The van der Waals surface area contributed by atoms with Crippen LogP contribution in [-0.4, -0.2) is 9.78 Å². The van der Waals surface area contributed by atoms with Crippen molar-refractivity contribution in [1.29, 1.82) is 5.26 Å². The van der Waals surface area contributed by atoms with Crippen LogP contribution in [0, 0.1) is 23.0 Å². The fourth-order valence-electron chi connectivity index (χ4n) is 1.29. The molecule has 0 saturated carbocycles. The Labute approximate surface area is 84.2 Å². The van der Waals surface area contributed by atoms with E-state index in [2.05, 4.69) is 5.10 Å². The van der Waals surface area contributed by atoms with Crippen molar-refractivity contribution in [2.45, 2.75) is 0 Å². The molecular weight excluding hydrogens is 200 g/mol. The molecule has 0 radical (unpaired) electrons. The summed E-state index contributed by atoms with van der Waals surface area (Å²) in [5, 5.41) is 12.5. The first-order chi connectivity index (χ1) is 7.22. The lowest BCUT2D eigenvalue weighted by molar-refractivity contribution is 0.572. The van der Waals surface area contributed by atoms with Crippen molar-refractivity contribution in [3.8, 4) is 11.8 Å². The Hall–Kier alpha value is -2.22. The average molecular weight is 205 g/mol. The quantitative estimate of drug-likeness (QED) is 0.714. The van der Waals surface area contributed by atoms with E-state index in [1.54, 1.807) is 12.1 Å². The van der Waals surface area contributed by atoms with Gasteiger partial charge in [0.15, 0.2) is 5.82 Å². The zero-order valence-electron chi connectivity index (χ0n) is 7.48. The highest BCUT2D eigenvalue weighted by Gasteiger charge is 2.12. The molecule has 3 nitrogen and oxygen atoms in total. The number of benzene rings is 1. The second kappa shape index (κ2) is 3.50. The minimum atomic E-state index is -0.810. The zero-order chi connectivity index (χ0) is 10.8. The van der Waals surface area contributed by atoms with Gasteiger partial charge in [-0.1, -0.05) is 0 Å². The molecule has 2 rings (SSSR count). The third-order valence-electron chi connectivity index (χ3n) is 1.88.